The Hall–Kier alpha value is -1.03. The van der Waals surface area contributed by atoms with Gasteiger partial charge >= 0.3 is 0 Å². The van der Waals surface area contributed by atoms with E-state index in [1.165, 1.54) is 5.56 Å². The van der Waals surface area contributed by atoms with Crippen LogP contribution in [0.15, 0.2) is 24.3 Å². The molecule has 0 radical (unpaired) electrons. The summed E-state index contributed by atoms with van der Waals surface area (Å²) in [5.41, 5.74) is 1.30. The van der Waals surface area contributed by atoms with Crippen molar-refractivity contribution in [3.63, 3.8) is 0 Å². The van der Waals surface area contributed by atoms with E-state index < -0.39 is 0 Å². The van der Waals surface area contributed by atoms with Crippen molar-refractivity contribution in [3.8, 4) is 5.75 Å². The predicted octanol–water partition coefficient (Wildman–Crippen LogP) is 3.48. The van der Waals surface area contributed by atoms with Crippen LogP contribution in [0.2, 0.25) is 0 Å². The summed E-state index contributed by atoms with van der Waals surface area (Å²) in [7, 11) is 0. The second-order valence-electron chi connectivity index (χ2n) is 4.90. The molecule has 0 heterocycles. The summed E-state index contributed by atoms with van der Waals surface area (Å²) in [6, 6.07) is 8.12. The predicted molar refractivity (Wildman–Crippen MR) is 82.0 cm³/mol. The van der Waals surface area contributed by atoms with Gasteiger partial charge in [0.1, 0.15) is 11.9 Å². The maximum atomic E-state index is 11.3. The number of benzene rings is 1. The molecule has 3 nitrogen and oxygen atoms in total. The zero-order chi connectivity index (χ0) is 14.3. The monoisotopic (exact) mass is 327 g/mol. The minimum atomic E-state index is -0.0378. The lowest BCUT2D eigenvalue weighted by molar-refractivity contribution is -0.121. The van der Waals surface area contributed by atoms with Crippen LogP contribution in [0.3, 0.4) is 0 Å². The number of alkyl halides is 1. The summed E-state index contributed by atoms with van der Waals surface area (Å²) < 4.78 is 5.75. The molecule has 0 saturated heterocycles. The molecule has 0 bridgehead atoms. The molecule has 1 N–H and O–H groups in total. The van der Waals surface area contributed by atoms with Crippen molar-refractivity contribution in [2.24, 2.45) is 0 Å². The van der Waals surface area contributed by atoms with E-state index in [9.17, 15) is 4.79 Å². The van der Waals surface area contributed by atoms with Crippen LogP contribution in [0, 0.1) is 0 Å². The number of nitrogens with one attached hydrogen (secondary N) is 1. The van der Waals surface area contributed by atoms with E-state index in [1.54, 1.807) is 0 Å². The summed E-state index contributed by atoms with van der Waals surface area (Å²) in [5.74, 6) is 1.41. The van der Waals surface area contributed by atoms with Gasteiger partial charge in [0.05, 0.1) is 6.54 Å². The molecule has 4 heteroatoms. The zero-order valence-electron chi connectivity index (χ0n) is 11.8. The third-order valence-electron chi connectivity index (χ3n) is 2.79. The highest BCUT2D eigenvalue weighted by atomic mass is 79.9. The number of rotatable bonds is 7. The van der Waals surface area contributed by atoms with Crippen LogP contribution in [0.25, 0.3) is 0 Å². The van der Waals surface area contributed by atoms with Crippen molar-refractivity contribution in [1.82, 2.24) is 5.32 Å². The van der Waals surface area contributed by atoms with Gasteiger partial charge in [0.25, 0.3) is 0 Å². The molecule has 106 valence electrons. The molecule has 0 aliphatic rings. The highest BCUT2D eigenvalue weighted by Gasteiger charge is 2.07. The third-order valence-corrected chi connectivity index (χ3v) is 3.19. The van der Waals surface area contributed by atoms with Crippen molar-refractivity contribution >= 4 is 21.8 Å². The average Bonchev–Trinajstić information content (AvgIpc) is 2.37. The lowest BCUT2D eigenvalue weighted by Crippen LogP contribution is -2.33. The maximum Gasteiger partial charge on any atom is 0.220 e. The van der Waals surface area contributed by atoms with Gasteiger partial charge in [0.15, 0.2) is 0 Å². The molecular weight excluding hydrogens is 306 g/mol. The lowest BCUT2D eigenvalue weighted by Gasteiger charge is -2.16. The second-order valence-corrected chi connectivity index (χ2v) is 5.69. The normalized spacial score (nSPS) is 12.3. The number of carbonyl (C=O) groups is 1. The first-order valence-electron chi connectivity index (χ1n) is 6.62. The summed E-state index contributed by atoms with van der Waals surface area (Å²) in [5, 5.41) is 3.52. The van der Waals surface area contributed by atoms with Gasteiger partial charge in [-0.25, -0.2) is 0 Å². The molecule has 1 atom stereocenters. The second kappa shape index (κ2) is 8.20. The van der Waals surface area contributed by atoms with E-state index in [0.717, 1.165) is 5.75 Å². The Morgan fingerprint density at radius 1 is 1.26 bits per heavy atom. The highest BCUT2D eigenvalue weighted by molar-refractivity contribution is 9.09. The van der Waals surface area contributed by atoms with Gasteiger partial charge in [-0.05, 0) is 30.5 Å². The Morgan fingerprint density at radius 3 is 2.42 bits per heavy atom. The number of carbonyl (C=O) groups excluding carboxylic acids is 1. The Labute approximate surface area is 123 Å². The molecule has 1 unspecified atom stereocenters. The molecule has 0 aromatic heterocycles. The number of halogens is 1. The summed E-state index contributed by atoms with van der Waals surface area (Å²) in [6.07, 6.45) is 0.458. The van der Waals surface area contributed by atoms with Crippen LogP contribution in [0.1, 0.15) is 38.7 Å². The minimum absolute atomic E-state index is 0.0378. The van der Waals surface area contributed by atoms with E-state index >= 15 is 0 Å². The van der Waals surface area contributed by atoms with Crippen LogP contribution in [-0.2, 0) is 4.79 Å². The number of ether oxygens (including phenoxy) is 1. The maximum absolute atomic E-state index is 11.3. The highest BCUT2D eigenvalue weighted by Crippen LogP contribution is 2.19. The molecule has 19 heavy (non-hydrogen) atoms. The molecular formula is C15H22BrNO2. The molecule has 0 spiro atoms. The molecule has 0 fully saturated rings. The quantitative estimate of drug-likeness (QED) is 0.778. The van der Waals surface area contributed by atoms with Gasteiger partial charge in [-0.2, -0.15) is 0 Å². The largest absolute Gasteiger partial charge is 0.489 e. The topological polar surface area (TPSA) is 38.3 Å². The molecule has 1 amide bonds. The van der Waals surface area contributed by atoms with Gasteiger partial charge in [0.2, 0.25) is 5.91 Å². The Kier molecular flexibility index (Phi) is 6.92. The number of hydrogen-bond acceptors (Lipinski definition) is 2. The molecule has 1 aromatic carbocycles. The Bertz CT molecular complexity index is 390. The summed E-state index contributed by atoms with van der Waals surface area (Å²) in [4.78, 5) is 11.3. The standard InChI is InChI=1S/C15H22BrNO2/c1-11(2)13-4-6-14(7-5-13)19-12(3)10-17-15(18)8-9-16/h4-7,11-12H,8-10H2,1-3H3,(H,17,18). The van der Waals surface area contributed by atoms with Gasteiger partial charge in [-0.1, -0.05) is 41.9 Å². The SMILES string of the molecule is CC(CNC(=O)CCBr)Oc1ccc(C(C)C)cc1. The minimum Gasteiger partial charge on any atom is -0.489 e. The van der Waals surface area contributed by atoms with Crippen LogP contribution in [-0.4, -0.2) is 23.9 Å². The van der Waals surface area contributed by atoms with E-state index in [0.29, 0.717) is 24.2 Å². The van der Waals surface area contributed by atoms with E-state index in [4.69, 9.17) is 4.74 Å². The first-order valence-corrected chi connectivity index (χ1v) is 7.74. The fraction of sp³-hybridized carbons (Fsp3) is 0.533. The van der Waals surface area contributed by atoms with E-state index in [1.807, 2.05) is 19.1 Å². The Balaban J connectivity index is 2.39. The summed E-state index contributed by atoms with van der Waals surface area (Å²) in [6.45, 7) is 6.80. The molecule has 1 aromatic rings. The van der Waals surface area contributed by atoms with Crippen LogP contribution < -0.4 is 10.1 Å². The van der Waals surface area contributed by atoms with Crippen molar-refractivity contribution in [3.05, 3.63) is 29.8 Å². The van der Waals surface area contributed by atoms with Crippen LogP contribution >= 0.6 is 15.9 Å². The third kappa shape index (κ3) is 6.10. The zero-order valence-corrected chi connectivity index (χ0v) is 13.4. The van der Waals surface area contributed by atoms with Gasteiger partial charge in [-0.15, -0.1) is 0 Å². The fourth-order valence-corrected chi connectivity index (χ4v) is 2.00. The van der Waals surface area contributed by atoms with Gasteiger partial charge in [-0.3, -0.25) is 4.79 Å². The van der Waals surface area contributed by atoms with Gasteiger partial charge in [0, 0.05) is 11.8 Å². The summed E-state index contributed by atoms with van der Waals surface area (Å²) >= 11 is 3.24. The number of amides is 1. The first-order chi connectivity index (χ1) is 9.02. The van der Waals surface area contributed by atoms with Gasteiger partial charge < -0.3 is 10.1 Å². The van der Waals surface area contributed by atoms with E-state index in [2.05, 4.69) is 47.2 Å². The van der Waals surface area contributed by atoms with E-state index in [-0.39, 0.29) is 12.0 Å². The average molecular weight is 328 g/mol. The molecule has 1 rings (SSSR count). The fourth-order valence-electron chi connectivity index (χ4n) is 1.64. The first kappa shape index (κ1) is 16.0. The van der Waals surface area contributed by atoms with Crippen LogP contribution in [0.5, 0.6) is 5.75 Å². The van der Waals surface area contributed by atoms with Crippen molar-refractivity contribution in [2.75, 3.05) is 11.9 Å². The smallest absolute Gasteiger partial charge is 0.220 e. The van der Waals surface area contributed by atoms with Crippen molar-refractivity contribution < 1.29 is 9.53 Å². The van der Waals surface area contributed by atoms with Crippen molar-refractivity contribution in [2.45, 2.75) is 39.2 Å². The Morgan fingerprint density at radius 2 is 1.89 bits per heavy atom. The molecule has 0 saturated carbocycles. The lowest BCUT2D eigenvalue weighted by atomic mass is 10.0. The number of hydrogen-bond donors (Lipinski definition) is 1. The molecule has 0 aliphatic heterocycles. The van der Waals surface area contributed by atoms with Crippen molar-refractivity contribution in [1.29, 1.82) is 0 Å². The molecule has 0 aliphatic carbocycles. The van der Waals surface area contributed by atoms with Crippen LogP contribution in [0.4, 0.5) is 0 Å².